The summed E-state index contributed by atoms with van der Waals surface area (Å²) in [4.78, 5) is 39.8. The summed E-state index contributed by atoms with van der Waals surface area (Å²) in [5.74, 6) is -0.0459. The Morgan fingerprint density at radius 1 is 1.00 bits per heavy atom. The van der Waals surface area contributed by atoms with Crippen LogP contribution in [0.15, 0.2) is 65.6 Å². The normalized spacial score (nSPS) is 17.4. The zero-order valence-corrected chi connectivity index (χ0v) is 18.4. The Labute approximate surface area is 185 Å². The van der Waals surface area contributed by atoms with Gasteiger partial charge in [-0.15, -0.1) is 11.8 Å². The van der Waals surface area contributed by atoms with E-state index >= 15 is 0 Å². The van der Waals surface area contributed by atoms with Crippen LogP contribution in [0.5, 0.6) is 0 Å². The van der Waals surface area contributed by atoms with E-state index in [1.807, 2.05) is 56.3 Å². The van der Waals surface area contributed by atoms with Crippen LogP contribution in [-0.4, -0.2) is 23.8 Å². The van der Waals surface area contributed by atoms with Gasteiger partial charge in [0.1, 0.15) is 6.04 Å². The molecule has 5 nitrogen and oxygen atoms in total. The molecule has 3 aromatic carbocycles. The minimum atomic E-state index is -0.654. The van der Waals surface area contributed by atoms with E-state index in [0.717, 1.165) is 27.1 Å². The minimum Gasteiger partial charge on any atom is -0.295 e. The van der Waals surface area contributed by atoms with Crippen molar-refractivity contribution in [1.82, 2.24) is 5.32 Å². The van der Waals surface area contributed by atoms with Crippen LogP contribution >= 0.6 is 11.8 Å². The Hall–Kier alpha value is -3.12. The van der Waals surface area contributed by atoms with Crippen LogP contribution in [0.4, 0.5) is 5.69 Å². The lowest BCUT2D eigenvalue weighted by Crippen LogP contribution is -2.53. The second kappa shape index (κ2) is 8.94. The highest BCUT2D eigenvalue weighted by atomic mass is 32.2. The van der Waals surface area contributed by atoms with Gasteiger partial charge in [-0.1, -0.05) is 56.3 Å². The monoisotopic (exact) mass is 432 g/mol. The van der Waals surface area contributed by atoms with E-state index in [2.05, 4.69) is 23.5 Å². The fraction of sp³-hybridized carbons (Fsp3) is 0.240. The molecule has 0 aromatic heterocycles. The number of amides is 3. The van der Waals surface area contributed by atoms with Crippen LogP contribution in [-0.2, 0) is 15.3 Å². The number of hydrogen-bond donors (Lipinski definition) is 1. The van der Waals surface area contributed by atoms with Crippen LogP contribution in [0.3, 0.4) is 0 Å². The molecule has 2 heterocycles. The Morgan fingerprint density at radius 3 is 2.52 bits per heavy atom. The standard InChI is InChI=1S/C23H18N2O3S.C2H6/c26-20-10-9-19(22(27)24-20)25-18-8-4-7-15-11-16(12-17(21(15)18)23(25)28)29-13-14-5-2-1-3-6-14;1-2/h1-8,11-12,19H,9-10,13H2,(H,24,26,27);1-2H3. The van der Waals surface area contributed by atoms with Gasteiger partial charge in [0.05, 0.1) is 11.3 Å². The van der Waals surface area contributed by atoms with Gasteiger partial charge >= 0.3 is 0 Å². The Bertz CT molecular complexity index is 1160. The third kappa shape index (κ3) is 3.95. The molecular formula is C25H24N2O3S. The SMILES string of the molecule is CC.O=C1CCC(N2C(=O)c3cc(SCc4ccccc4)cc4cccc2c34)C(=O)N1. The van der Waals surface area contributed by atoms with E-state index in [0.29, 0.717) is 12.0 Å². The van der Waals surface area contributed by atoms with Gasteiger partial charge in [-0.05, 0) is 35.6 Å². The lowest BCUT2D eigenvalue weighted by Gasteiger charge is -2.30. The number of imide groups is 1. The first-order valence-corrected chi connectivity index (χ1v) is 11.5. The first kappa shape index (κ1) is 21.1. The van der Waals surface area contributed by atoms with Gasteiger partial charge in [0.25, 0.3) is 5.91 Å². The van der Waals surface area contributed by atoms with Crippen molar-refractivity contribution in [2.75, 3.05) is 4.90 Å². The number of anilines is 1. The Morgan fingerprint density at radius 2 is 1.77 bits per heavy atom. The number of carbonyl (C=O) groups is 3. The van der Waals surface area contributed by atoms with E-state index in [9.17, 15) is 14.4 Å². The summed E-state index contributed by atoms with van der Waals surface area (Å²) in [6.07, 6.45) is 0.584. The van der Waals surface area contributed by atoms with Crippen LogP contribution in [0.1, 0.15) is 42.6 Å². The van der Waals surface area contributed by atoms with Gasteiger partial charge in [0.2, 0.25) is 11.8 Å². The maximum absolute atomic E-state index is 13.3. The average molecular weight is 433 g/mol. The summed E-state index contributed by atoms with van der Waals surface area (Å²) >= 11 is 1.69. The zero-order valence-electron chi connectivity index (χ0n) is 17.6. The highest BCUT2D eigenvalue weighted by Gasteiger charge is 2.40. The van der Waals surface area contributed by atoms with E-state index in [4.69, 9.17) is 0 Å². The molecule has 1 N–H and O–H groups in total. The molecule has 158 valence electrons. The molecule has 0 aliphatic carbocycles. The maximum Gasteiger partial charge on any atom is 0.259 e. The second-order valence-corrected chi connectivity index (χ2v) is 8.31. The fourth-order valence-electron chi connectivity index (χ4n) is 4.05. The number of benzene rings is 3. The summed E-state index contributed by atoms with van der Waals surface area (Å²) in [6.45, 7) is 4.00. The molecule has 0 radical (unpaired) electrons. The highest BCUT2D eigenvalue weighted by Crippen LogP contribution is 2.42. The molecule has 1 saturated heterocycles. The van der Waals surface area contributed by atoms with Gasteiger partial charge in [-0.25, -0.2) is 0 Å². The number of hydrogen-bond acceptors (Lipinski definition) is 4. The van der Waals surface area contributed by atoms with E-state index < -0.39 is 11.9 Å². The van der Waals surface area contributed by atoms with Crippen LogP contribution in [0.25, 0.3) is 10.8 Å². The summed E-state index contributed by atoms with van der Waals surface area (Å²) in [6, 6.07) is 19.3. The molecule has 31 heavy (non-hydrogen) atoms. The van der Waals surface area contributed by atoms with Crippen molar-refractivity contribution < 1.29 is 14.4 Å². The molecule has 6 heteroatoms. The van der Waals surface area contributed by atoms with Crippen LogP contribution in [0.2, 0.25) is 0 Å². The highest BCUT2D eigenvalue weighted by molar-refractivity contribution is 7.98. The third-order valence-electron chi connectivity index (χ3n) is 5.41. The largest absolute Gasteiger partial charge is 0.295 e. The van der Waals surface area contributed by atoms with Gasteiger partial charge in [0, 0.05) is 22.5 Å². The van der Waals surface area contributed by atoms with Crippen molar-refractivity contribution >= 4 is 45.9 Å². The van der Waals surface area contributed by atoms with Crippen molar-refractivity contribution in [2.45, 2.75) is 43.4 Å². The quantitative estimate of drug-likeness (QED) is 0.469. The minimum absolute atomic E-state index is 0.173. The van der Waals surface area contributed by atoms with Crippen LogP contribution in [0, 0.1) is 0 Å². The molecule has 0 saturated carbocycles. The molecule has 3 aromatic rings. The predicted molar refractivity (Wildman–Crippen MR) is 124 cm³/mol. The topological polar surface area (TPSA) is 66.5 Å². The first-order valence-electron chi connectivity index (χ1n) is 10.5. The average Bonchev–Trinajstić information content (AvgIpc) is 3.07. The molecule has 1 atom stereocenters. The number of piperidine rings is 1. The van der Waals surface area contributed by atoms with Gasteiger partial charge in [-0.3, -0.25) is 24.6 Å². The van der Waals surface area contributed by atoms with Crippen molar-refractivity contribution in [2.24, 2.45) is 0 Å². The molecule has 1 fully saturated rings. The molecule has 2 aliphatic heterocycles. The molecular weight excluding hydrogens is 408 g/mol. The summed E-state index contributed by atoms with van der Waals surface area (Å²) in [5.41, 5.74) is 2.59. The van der Waals surface area contributed by atoms with E-state index in [1.165, 1.54) is 5.56 Å². The van der Waals surface area contributed by atoms with Gasteiger partial charge < -0.3 is 0 Å². The van der Waals surface area contributed by atoms with Crippen molar-refractivity contribution in [1.29, 1.82) is 0 Å². The zero-order chi connectivity index (χ0) is 22.0. The number of nitrogens with zero attached hydrogens (tertiary/aromatic N) is 1. The third-order valence-corrected chi connectivity index (χ3v) is 6.45. The maximum atomic E-state index is 13.3. The number of carbonyl (C=O) groups excluding carboxylic acids is 3. The molecule has 0 spiro atoms. The van der Waals surface area contributed by atoms with Crippen molar-refractivity contribution in [3.05, 3.63) is 71.8 Å². The molecule has 1 unspecified atom stereocenters. The smallest absolute Gasteiger partial charge is 0.259 e. The Balaban J connectivity index is 0.00000112. The number of thioether (sulfide) groups is 1. The molecule has 5 rings (SSSR count). The summed E-state index contributed by atoms with van der Waals surface area (Å²) < 4.78 is 0. The van der Waals surface area contributed by atoms with Crippen LogP contribution < -0.4 is 10.2 Å². The predicted octanol–water partition coefficient (Wildman–Crippen LogP) is 4.92. The van der Waals surface area contributed by atoms with Gasteiger partial charge in [-0.2, -0.15) is 0 Å². The first-order chi connectivity index (χ1) is 15.1. The van der Waals surface area contributed by atoms with Gasteiger partial charge in [0.15, 0.2) is 0 Å². The summed E-state index contributed by atoms with van der Waals surface area (Å²) in [5, 5.41) is 4.23. The van der Waals surface area contributed by atoms with E-state index in [1.54, 1.807) is 16.7 Å². The number of nitrogens with one attached hydrogen (secondary N) is 1. The number of rotatable bonds is 4. The lowest BCUT2D eigenvalue weighted by atomic mass is 10.0. The molecule has 2 aliphatic rings. The Kier molecular flexibility index (Phi) is 6.09. The fourth-order valence-corrected chi connectivity index (χ4v) is 4.99. The lowest BCUT2D eigenvalue weighted by molar-refractivity contribution is -0.134. The molecule has 0 bridgehead atoms. The summed E-state index contributed by atoms with van der Waals surface area (Å²) in [7, 11) is 0. The van der Waals surface area contributed by atoms with Crippen molar-refractivity contribution in [3.8, 4) is 0 Å². The second-order valence-electron chi connectivity index (χ2n) is 7.26. The van der Waals surface area contributed by atoms with Crippen molar-refractivity contribution in [3.63, 3.8) is 0 Å². The van der Waals surface area contributed by atoms with E-state index in [-0.39, 0.29) is 18.2 Å². The molecule has 3 amide bonds.